The molecule has 0 heterocycles. The first-order valence-electron chi connectivity index (χ1n) is 20.8. The van der Waals surface area contributed by atoms with Gasteiger partial charge in [0.05, 0.1) is 72.7 Å². The molecule has 13 nitrogen and oxygen atoms in total. The van der Waals surface area contributed by atoms with Gasteiger partial charge in [-0.15, -0.1) is 0 Å². The van der Waals surface area contributed by atoms with Crippen LogP contribution >= 0.6 is 0 Å². The number of carbonyl (C=O) groups excluding carboxylic acids is 2. The second-order valence-corrected chi connectivity index (χ2v) is 14.8. The zero-order valence-corrected chi connectivity index (χ0v) is 33.2. The van der Waals surface area contributed by atoms with Gasteiger partial charge in [-0.25, -0.2) is 5.48 Å². The molecule has 2 aliphatic rings. The van der Waals surface area contributed by atoms with E-state index in [2.05, 4.69) is 47.1 Å². The van der Waals surface area contributed by atoms with E-state index in [1.807, 2.05) is 0 Å². The Kier molecular flexibility index (Phi) is 24.7. The molecular weight excluding hydrogens is 692 g/mol. The molecule has 310 valence electrons. The lowest BCUT2D eigenvalue weighted by Gasteiger charge is -2.20. The highest BCUT2D eigenvalue weighted by molar-refractivity contribution is 5.76. The average molecular weight is 765 g/mol. The van der Waals surface area contributed by atoms with Crippen molar-refractivity contribution in [1.29, 1.82) is 0 Å². The molecule has 0 aromatic heterocycles. The minimum Gasteiger partial charge on any atom is -0.380 e. The van der Waals surface area contributed by atoms with Crippen molar-refractivity contribution in [1.82, 2.24) is 16.1 Å². The minimum absolute atomic E-state index is 0.0632. The number of hydrogen-bond acceptors (Lipinski definition) is 11. The van der Waals surface area contributed by atoms with Crippen LogP contribution in [0, 0.1) is 0 Å². The van der Waals surface area contributed by atoms with Crippen molar-refractivity contribution in [2.75, 3.05) is 91.1 Å². The minimum atomic E-state index is -0.305. The third-order valence-electron chi connectivity index (χ3n) is 10.1. The number of ether oxygens (including phenoxy) is 6. The summed E-state index contributed by atoms with van der Waals surface area (Å²) in [4.78, 5) is 23.6. The average Bonchev–Trinajstić information content (AvgIpc) is 4.13. The van der Waals surface area contributed by atoms with Crippen molar-refractivity contribution >= 4 is 17.5 Å². The van der Waals surface area contributed by atoms with Crippen molar-refractivity contribution in [3.8, 4) is 0 Å². The van der Waals surface area contributed by atoms with Gasteiger partial charge in [-0.05, 0) is 69.1 Å². The molecule has 5 N–H and O–H groups in total. The van der Waals surface area contributed by atoms with Crippen molar-refractivity contribution in [2.24, 2.45) is 0 Å². The van der Waals surface area contributed by atoms with Crippen LogP contribution in [0.3, 0.4) is 0 Å². The number of hydroxylamine groups is 1. The highest BCUT2D eigenvalue weighted by Crippen LogP contribution is 2.43. The fraction of sp³-hybridized carbons (Fsp3) is 0.805. The number of anilines is 1. The molecule has 0 unspecified atom stereocenters. The Morgan fingerprint density at radius 2 is 1.13 bits per heavy atom. The van der Waals surface area contributed by atoms with Crippen LogP contribution in [0.4, 0.5) is 5.69 Å². The van der Waals surface area contributed by atoms with Gasteiger partial charge in [0.1, 0.15) is 0 Å². The molecule has 2 saturated carbocycles. The van der Waals surface area contributed by atoms with Crippen LogP contribution in [0.2, 0.25) is 0 Å². The zero-order valence-electron chi connectivity index (χ0n) is 33.2. The van der Waals surface area contributed by atoms with Crippen molar-refractivity contribution in [3.63, 3.8) is 0 Å². The molecule has 1 aromatic rings. The molecule has 2 fully saturated rings. The number of hydrogen-bond donors (Lipinski definition) is 5. The molecule has 54 heavy (non-hydrogen) atoms. The smallest absolute Gasteiger partial charge is 0.243 e. The van der Waals surface area contributed by atoms with Crippen molar-refractivity contribution in [3.05, 3.63) is 29.8 Å². The molecule has 1 aromatic carbocycles. The van der Waals surface area contributed by atoms with Gasteiger partial charge in [-0.3, -0.25) is 14.8 Å². The van der Waals surface area contributed by atoms with Crippen LogP contribution < -0.4 is 21.4 Å². The Hall–Kier alpha value is -2.36. The number of unbranched alkanes of at least 4 members (excludes halogenated alkanes) is 6. The standard InChI is InChI=1S/C41H72N4O9/c1-2-3-4-9-23-49-25-27-51-29-31-53-33-34-54-32-30-52-28-26-50-24-22-42-38(46)15-17-40(18-19-40)43-35-36-11-13-37(14-12-36)44-41(20-21-41)16-8-6-5-7-10-39(47)45-48/h11-14,43-44,48H,2-10,15-35H2,1H3,(H,42,46)(H,45,47). The predicted octanol–water partition coefficient (Wildman–Crippen LogP) is 5.68. The normalized spacial score (nSPS) is 15.2. The molecule has 0 bridgehead atoms. The summed E-state index contributed by atoms with van der Waals surface area (Å²) in [6.07, 6.45) is 16.4. The molecule has 0 atom stereocenters. The summed E-state index contributed by atoms with van der Waals surface area (Å²) < 4.78 is 33.2. The lowest BCUT2D eigenvalue weighted by atomic mass is 10.0. The SMILES string of the molecule is CCCCCCOCCOCCOCCOCCOCCOCCNC(=O)CCC1(NCc2ccc(NC3(CCCCCCC(=O)NO)CC3)cc2)CC1. The van der Waals surface area contributed by atoms with E-state index in [-0.39, 0.29) is 22.9 Å². The summed E-state index contributed by atoms with van der Waals surface area (Å²) in [5.74, 6) is -0.242. The fourth-order valence-electron chi connectivity index (χ4n) is 6.25. The van der Waals surface area contributed by atoms with Gasteiger partial charge in [0.15, 0.2) is 0 Å². The molecule has 0 spiro atoms. The van der Waals surface area contributed by atoms with Crippen LogP contribution in [-0.4, -0.2) is 114 Å². The predicted molar refractivity (Wildman–Crippen MR) is 210 cm³/mol. The second kappa shape index (κ2) is 29.0. The molecule has 2 aliphatic carbocycles. The fourth-order valence-corrected chi connectivity index (χ4v) is 6.25. The van der Waals surface area contributed by atoms with E-state index in [0.29, 0.717) is 92.1 Å². The summed E-state index contributed by atoms with van der Waals surface area (Å²) in [7, 11) is 0. The maximum atomic E-state index is 12.4. The summed E-state index contributed by atoms with van der Waals surface area (Å²) in [5, 5.41) is 19.0. The van der Waals surface area contributed by atoms with E-state index >= 15 is 0 Å². The summed E-state index contributed by atoms with van der Waals surface area (Å²) in [6, 6.07) is 8.71. The van der Waals surface area contributed by atoms with E-state index in [9.17, 15) is 9.59 Å². The van der Waals surface area contributed by atoms with E-state index in [4.69, 9.17) is 33.6 Å². The highest BCUT2D eigenvalue weighted by Gasteiger charge is 2.42. The molecule has 0 saturated heterocycles. The Balaban J connectivity index is 1.06. The summed E-state index contributed by atoms with van der Waals surface area (Å²) in [6.45, 7) is 10.1. The molecule has 2 amide bonds. The largest absolute Gasteiger partial charge is 0.380 e. The van der Waals surface area contributed by atoms with Gasteiger partial charge in [-0.2, -0.15) is 0 Å². The molecule has 3 rings (SSSR count). The lowest BCUT2D eigenvalue weighted by molar-refractivity contribution is -0.129. The summed E-state index contributed by atoms with van der Waals surface area (Å²) in [5.41, 5.74) is 4.38. The molecule has 0 aliphatic heterocycles. The zero-order chi connectivity index (χ0) is 38.4. The quantitative estimate of drug-likeness (QED) is 0.0321. The van der Waals surface area contributed by atoms with Gasteiger partial charge >= 0.3 is 0 Å². The van der Waals surface area contributed by atoms with E-state index in [1.165, 1.54) is 37.7 Å². The molecule has 13 heteroatoms. The number of rotatable bonds is 38. The van der Waals surface area contributed by atoms with Crippen LogP contribution in [0.5, 0.6) is 0 Å². The Bertz CT molecular complexity index is 1100. The van der Waals surface area contributed by atoms with Crippen LogP contribution in [0.1, 0.15) is 115 Å². The highest BCUT2D eigenvalue weighted by atomic mass is 16.6. The number of carbonyl (C=O) groups is 2. The first kappa shape index (κ1) is 46.0. The van der Waals surface area contributed by atoms with Gasteiger partial charge in [-0.1, -0.05) is 57.6 Å². The maximum absolute atomic E-state index is 12.4. The van der Waals surface area contributed by atoms with Crippen LogP contribution in [0.25, 0.3) is 0 Å². The number of nitrogens with one attached hydrogen (secondary N) is 4. The van der Waals surface area contributed by atoms with Gasteiger partial charge in [0.25, 0.3) is 0 Å². The van der Waals surface area contributed by atoms with Gasteiger partial charge < -0.3 is 44.4 Å². The van der Waals surface area contributed by atoms with Crippen molar-refractivity contribution in [2.45, 2.75) is 127 Å². The van der Waals surface area contributed by atoms with Crippen LogP contribution in [-0.2, 0) is 44.6 Å². The topological polar surface area (TPSA) is 158 Å². The number of amides is 2. The Morgan fingerprint density at radius 1 is 0.593 bits per heavy atom. The second-order valence-electron chi connectivity index (χ2n) is 14.8. The summed E-state index contributed by atoms with van der Waals surface area (Å²) >= 11 is 0. The maximum Gasteiger partial charge on any atom is 0.243 e. The Morgan fingerprint density at radius 3 is 1.69 bits per heavy atom. The van der Waals surface area contributed by atoms with Gasteiger partial charge in [0, 0.05) is 49.3 Å². The van der Waals surface area contributed by atoms with Gasteiger partial charge in [0.2, 0.25) is 11.8 Å². The Labute approximate surface area is 324 Å². The molecular formula is C41H72N4O9. The van der Waals surface area contributed by atoms with E-state index in [0.717, 1.165) is 76.6 Å². The van der Waals surface area contributed by atoms with Crippen molar-refractivity contribution < 1.29 is 43.2 Å². The third kappa shape index (κ3) is 22.9. The third-order valence-corrected chi connectivity index (χ3v) is 10.1. The van der Waals surface area contributed by atoms with E-state index in [1.54, 1.807) is 5.48 Å². The first-order valence-corrected chi connectivity index (χ1v) is 20.8. The molecule has 0 radical (unpaired) electrons. The monoisotopic (exact) mass is 765 g/mol. The van der Waals surface area contributed by atoms with E-state index < -0.39 is 0 Å². The first-order chi connectivity index (χ1) is 26.5. The lowest BCUT2D eigenvalue weighted by Crippen LogP contribution is -2.34. The number of benzene rings is 1. The van der Waals surface area contributed by atoms with Crippen LogP contribution in [0.15, 0.2) is 24.3 Å².